The van der Waals surface area contributed by atoms with Crippen molar-refractivity contribution in [1.82, 2.24) is 10.2 Å². The Labute approximate surface area is 155 Å². The molecule has 0 spiro atoms. The van der Waals surface area contributed by atoms with Gasteiger partial charge in [0, 0.05) is 36.3 Å². The van der Waals surface area contributed by atoms with E-state index in [2.05, 4.69) is 38.3 Å². The van der Waals surface area contributed by atoms with Crippen molar-refractivity contribution in [2.24, 2.45) is 0 Å². The molecule has 1 aliphatic rings. The fourth-order valence-corrected chi connectivity index (χ4v) is 3.44. The highest BCUT2D eigenvalue weighted by Crippen LogP contribution is 2.17. The van der Waals surface area contributed by atoms with Gasteiger partial charge in [0.2, 0.25) is 0 Å². The molecule has 0 saturated carbocycles. The van der Waals surface area contributed by atoms with E-state index >= 15 is 0 Å². The fourth-order valence-electron chi connectivity index (χ4n) is 2.70. The van der Waals surface area contributed by atoms with E-state index in [4.69, 9.17) is 12.2 Å². The molecule has 4 nitrogen and oxygen atoms in total. The van der Waals surface area contributed by atoms with E-state index in [0.717, 1.165) is 30.7 Å². The Bertz CT molecular complexity index is 730. The van der Waals surface area contributed by atoms with Crippen LogP contribution in [-0.4, -0.2) is 42.1 Å². The summed E-state index contributed by atoms with van der Waals surface area (Å²) in [6.07, 6.45) is 0. The quantitative estimate of drug-likeness (QED) is 0.780. The molecule has 2 aromatic rings. The summed E-state index contributed by atoms with van der Waals surface area (Å²) in [5.41, 5.74) is 1.81. The van der Waals surface area contributed by atoms with Crippen LogP contribution in [-0.2, 0) is 0 Å². The maximum absolute atomic E-state index is 12.3. The third kappa shape index (κ3) is 3.94. The first-order valence-electron chi connectivity index (χ1n) is 7.80. The molecule has 1 N–H and O–H groups in total. The van der Waals surface area contributed by atoms with Crippen molar-refractivity contribution < 1.29 is 4.79 Å². The maximum Gasteiger partial charge on any atom is 0.258 e. The van der Waals surface area contributed by atoms with Crippen LogP contribution in [0.2, 0.25) is 0 Å². The number of halogens is 1. The highest BCUT2D eigenvalue weighted by atomic mass is 79.9. The SMILES string of the molecule is O=C(NC(=S)N1CCN(c2ccccc2)CC1)c1ccccc1Br. The Hall–Kier alpha value is -1.92. The molecule has 6 heteroatoms. The third-order valence-electron chi connectivity index (χ3n) is 4.03. The van der Waals surface area contributed by atoms with Crippen molar-refractivity contribution in [2.75, 3.05) is 31.1 Å². The zero-order chi connectivity index (χ0) is 16.9. The minimum absolute atomic E-state index is 0.182. The van der Waals surface area contributed by atoms with Gasteiger partial charge in [0.15, 0.2) is 5.11 Å². The third-order valence-corrected chi connectivity index (χ3v) is 5.08. The summed E-state index contributed by atoms with van der Waals surface area (Å²) in [6.45, 7) is 3.36. The molecule has 124 valence electrons. The first-order chi connectivity index (χ1) is 11.6. The molecule has 1 saturated heterocycles. The number of benzene rings is 2. The molecule has 24 heavy (non-hydrogen) atoms. The predicted octanol–water partition coefficient (Wildman–Crippen LogP) is 3.29. The monoisotopic (exact) mass is 403 g/mol. The molecular formula is C18H18BrN3OS. The van der Waals surface area contributed by atoms with Crippen molar-refractivity contribution in [3.05, 3.63) is 64.6 Å². The van der Waals surface area contributed by atoms with Crippen LogP contribution in [0.25, 0.3) is 0 Å². The largest absolute Gasteiger partial charge is 0.368 e. The molecule has 2 aromatic carbocycles. The smallest absolute Gasteiger partial charge is 0.258 e. The van der Waals surface area contributed by atoms with Gasteiger partial charge < -0.3 is 9.80 Å². The molecular weight excluding hydrogens is 386 g/mol. The van der Waals surface area contributed by atoms with Crippen LogP contribution < -0.4 is 10.2 Å². The number of para-hydroxylation sites is 1. The highest BCUT2D eigenvalue weighted by molar-refractivity contribution is 9.10. The minimum Gasteiger partial charge on any atom is -0.368 e. The number of carbonyl (C=O) groups is 1. The van der Waals surface area contributed by atoms with Crippen LogP contribution in [0.4, 0.5) is 5.69 Å². The Balaban J connectivity index is 1.56. The molecule has 0 aliphatic carbocycles. The lowest BCUT2D eigenvalue weighted by Crippen LogP contribution is -2.52. The number of thiocarbonyl (C=S) groups is 1. The lowest BCUT2D eigenvalue weighted by atomic mass is 10.2. The summed E-state index contributed by atoms with van der Waals surface area (Å²) in [4.78, 5) is 16.7. The van der Waals surface area contributed by atoms with Crippen molar-refractivity contribution >= 4 is 44.9 Å². The van der Waals surface area contributed by atoms with Crippen molar-refractivity contribution in [1.29, 1.82) is 0 Å². The Morgan fingerprint density at radius 3 is 2.25 bits per heavy atom. The molecule has 0 atom stereocenters. The number of rotatable bonds is 2. The topological polar surface area (TPSA) is 35.6 Å². The summed E-state index contributed by atoms with van der Waals surface area (Å²) in [6, 6.07) is 17.7. The van der Waals surface area contributed by atoms with Crippen LogP contribution in [0.3, 0.4) is 0 Å². The van der Waals surface area contributed by atoms with Crippen LogP contribution in [0.15, 0.2) is 59.1 Å². The van der Waals surface area contributed by atoms with E-state index in [0.29, 0.717) is 10.7 Å². The number of piperazine rings is 1. The Morgan fingerprint density at radius 2 is 1.58 bits per heavy atom. The zero-order valence-corrected chi connectivity index (χ0v) is 15.5. The van der Waals surface area contributed by atoms with Crippen LogP contribution >= 0.6 is 28.1 Å². The first-order valence-corrected chi connectivity index (χ1v) is 9.00. The Kier molecular flexibility index (Phi) is 5.48. The molecule has 0 radical (unpaired) electrons. The summed E-state index contributed by atoms with van der Waals surface area (Å²) < 4.78 is 0.763. The minimum atomic E-state index is -0.182. The summed E-state index contributed by atoms with van der Waals surface area (Å²) in [7, 11) is 0. The predicted molar refractivity (Wildman–Crippen MR) is 104 cm³/mol. The van der Waals surface area contributed by atoms with Gasteiger partial charge in [-0.1, -0.05) is 30.3 Å². The Morgan fingerprint density at radius 1 is 0.958 bits per heavy atom. The lowest BCUT2D eigenvalue weighted by Gasteiger charge is -2.37. The van der Waals surface area contributed by atoms with Crippen LogP contribution in [0.1, 0.15) is 10.4 Å². The second-order valence-electron chi connectivity index (χ2n) is 5.55. The van der Waals surface area contributed by atoms with Gasteiger partial charge in [-0.05, 0) is 52.4 Å². The number of amides is 1. The molecule has 0 aromatic heterocycles. The molecule has 1 fully saturated rings. The molecule has 1 heterocycles. The van der Waals surface area contributed by atoms with E-state index in [9.17, 15) is 4.79 Å². The van der Waals surface area contributed by atoms with Gasteiger partial charge in [-0.25, -0.2) is 0 Å². The van der Waals surface area contributed by atoms with Gasteiger partial charge in [0.25, 0.3) is 5.91 Å². The number of hydrogen-bond acceptors (Lipinski definition) is 3. The van der Waals surface area contributed by atoms with Gasteiger partial charge in [0.1, 0.15) is 0 Å². The van der Waals surface area contributed by atoms with E-state index < -0.39 is 0 Å². The molecule has 0 unspecified atom stereocenters. The van der Waals surface area contributed by atoms with Gasteiger partial charge >= 0.3 is 0 Å². The van der Waals surface area contributed by atoms with E-state index in [-0.39, 0.29) is 5.91 Å². The average Bonchev–Trinajstić information content (AvgIpc) is 2.63. The highest BCUT2D eigenvalue weighted by Gasteiger charge is 2.21. The van der Waals surface area contributed by atoms with Crippen LogP contribution in [0, 0.1) is 0 Å². The lowest BCUT2D eigenvalue weighted by molar-refractivity contribution is 0.0972. The van der Waals surface area contributed by atoms with Crippen molar-refractivity contribution in [3.8, 4) is 0 Å². The number of hydrogen-bond donors (Lipinski definition) is 1. The average molecular weight is 404 g/mol. The zero-order valence-electron chi connectivity index (χ0n) is 13.1. The summed E-state index contributed by atoms with van der Waals surface area (Å²) >= 11 is 8.80. The van der Waals surface area contributed by atoms with Crippen molar-refractivity contribution in [3.63, 3.8) is 0 Å². The van der Waals surface area contributed by atoms with E-state index in [1.165, 1.54) is 5.69 Å². The number of carbonyl (C=O) groups excluding carboxylic acids is 1. The second kappa shape index (κ2) is 7.77. The van der Waals surface area contributed by atoms with Gasteiger partial charge in [-0.2, -0.15) is 0 Å². The van der Waals surface area contributed by atoms with Crippen molar-refractivity contribution in [2.45, 2.75) is 0 Å². The standard InChI is InChI=1S/C18H18BrN3OS/c19-16-9-5-4-8-15(16)17(23)20-18(24)22-12-10-21(11-13-22)14-6-2-1-3-7-14/h1-9H,10-13H2,(H,20,23,24). The van der Waals surface area contributed by atoms with E-state index in [1.54, 1.807) is 6.07 Å². The second-order valence-corrected chi connectivity index (χ2v) is 6.79. The van der Waals surface area contributed by atoms with Crippen LogP contribution in [0.5, 0.6) is 0 Å². The first kappa shape index (κ1) is 16.9. The van der Waals surface area contributed by atoms with E-state index in [1.807, 2.05) is 41.3 Å². The van der Waals surface area contributed by atoms with Gasteiger partial charge in [-0.3, -0.25) is 10.1 Å². The number of nitrogens with one attached hydrogen (secondary N) is 1. The van der Waals surface area contributed by atoms with Gasteiger partial charge in [0.05, 0.1) is 5.56 Å². The fraction of sp³-hybridized carbons (Fsp3) is 0.222. The maximum atomic E-state index is 12.3. The summed E-state index contributed by atoms with van der Waals surface area (Å²) in [5.74, 6) is -0.182. The normalized spacial score (nSPS) is 14.4. The number of nitrogens with zero attached hydrogens (tertiary/aromatic N) is 2. The summed E-state index contributed by atoms with van der Waals surface area (Å²) in [5, 5.41) is 3.32. The van der Waals surface area contributed by atoms with Gasteiger partial charge in [-0.15, -0.1) is 0 Å². The molecule has 0 bridgehead atoms. The number of anilines is 1. The molecule has 1 amide bonds. The molecule has 1 aliphatic heterocycles. The molecule has 3 rings (SSSR count).